The highest BCUT2D eigenvalue weighted by atomic mass is 19.2. The molecule has 0 saturated carbocycles. The average Bonchev–Trinajstić information content (AvgIpc) is 2.76. The molecule has 1 N–H and O–H groups in total. The Morgan fingerprint density at radius 3 is 2.10 bits per heavy atom. The lowest BCUT2D eigenvalue weighted by Crippen LogP contribution is -2.03. The van der Waals surface area contributed by atoms with Crippen LogP contribution in [0, 0.1) is 23.3 Å². The van der Waals surface area contributed by atoms with E-state index in [0.717, 1.165) is 0 Å². The first-order chi connectivity index (χ1) is 14.8. The van der Waals surface area contributed by atoms with Crippen molar-refractivity contribution in [1.29, 1.82) is 0 Å². The first-order valence-electron chi connectivity index (χ1n) is 9.43. The minimum Gasteiger partial charge on any atom is -0.486 e. The summed E-state index contributed by atoms with van der Waals surface area (Å²) in [4.78, 5) is 0. The summed E-state index contributed by atoms with van der Waals surface area (Å²) in [6, 6.07) is 11.6. The van der Waals surface area contributed by atoms with E-state index in [-0.39, 0.29) is 35.8 Å². The Labute approximate surface area is 177 Å². The molecule has 3 aromatic rings. The third kappa shape index (κ3) is 4.88. The first kappa shape index (κ1) is 22.4. The van der Waals surface area contributed by atoms with Gasteiger partial charge in [0.15, 0.2) is 23.1 Å². The van der Waals surface area contributed by atoms with E-state index in [9.17, 15) is 22.7 Å². The molecule has 0 aliphatic carbocycles. The van der Waals surface area contributed by atoms with Crippen LogP contribution < -0.4 is 9.47 Å². The van der Waals surface area contributed by atoms with Gasteiger partial charge in [-0.05, 0) is 42.3 Å². The van der Waals surface area contributed by atoms with Gasteiger partial charge in [-0.15, -0.1) is 0 Å². The molecule has 1 atom stereocenters. The molecule has 162 valence electrons. The van der Waals surface area contributed by atoms with Gasteiger partial charge < -0.3 is 14.6 Å². The van der Waals surface area contributed by atoms with Crippen molar-refractivity contribution in [1.82, 2.24) is 0 Å². The molecule has 3 nitrogen and oxygen atoms in total. The quantitative estimate of drug-likeness (QED) is 0.345. The van der Waals surface area contributed by atoms with Crippen LogP contribution in [0.3, 0.4) is 0 Å². The molecule has 0 spiro atoms. The second kappa shape index (κ2) is 9.66. The molecule has 0 heterocycles. The zero-order valence-electron chi connectivity index (χ0n) is 16.7. The van der Waals surface area contributed by atoms with Gasteiger partial charge in [0.05, 0.1) is 6.10 Å². The van der Waals surface area contributed by atoms with Crippen molar-refractivity contribution >= 4 is 0 Å². The van der Waals surface area contributed by atoms with Crippen LogP contribution in [0.25, 0.3) is 11.1 Å². The van der Waals surface area contributed by atoms with E-state index < -0.39 is 29.4 Å². The molecule has 0 aliphatic heterocycles. The van der Waals surface area contributed by atoms with E-state index in [1.807, 2.05) is 0 Å². The first-order valence-corrected chi connectivity index (χ1v) is 9.43. The number of hydrogen-bond acceptors (Lipinski definition) is 3. The van der Waals surface area contributed by atoms with E-state index in [4.69, 9.17) is 9.47 Å². The molecule has 3 aromatic carbocycles. The minimum atomic E-state index is -1.19. The molecule has 0 fully saturated rings. The van der Waals surface area contributed by atoms with Gasteiger partial charge in [-0.1, -0.05) is 36.9 Å². The maximum absolute atomic E-state index is 14.4. The summed E-state index contributed by atoms with van der Waals surface area (Å²) >= 11 is 0. The zero-order chi connectivity index (χ0) is 22.5. The SMILES string of the molecule is C=CCOc1ccc(-c2ccc(COc3ccc(C(C)O)c(F)c3F)cc2)c(F)c1F. The molecule has 3 rings (SSSR count). The zero-order valence-corrected chi connectivity index (χ0v) is 16.7. The van der Waals surface area contributed by atoms with Crippen LogP contribution in [0.2, 0.25) is 0 Å². The number of benzene rings is 3. The maximum Gasteiger partial charge on any atom is 0.201 e. The van der Waals surface area contributed by atoms with E-state index in [1.54, 1.807) is 24.3 Å². The monoisotopic (exact) mass is 432 g/mol. The summed E-state index contributed by atoms with van der Waals surface area (Å²) in [5, 5.41) is 9.43. The highest BCUT2D eigenvalue weighted by Gasteiger charge is 2.18. The van der Waals surface area contributed by atoms with Crippen molar-refractivity contribution in [2.24, 2.45) is 0 Å². The van der Waals surface area contributed by atoms with Gasteiger partial charge in [0.2, 0.25) is 11.6 Å². The number of halogens is 4. The largest absolute Gasteiger partial charge is 0.486 e. The van der Waals surface area contributed by atoms with Crippen LogP contribution in [0.15, 0.2) is 61.2 Å². The standard InChI is InChI=1S/C24H20F4O3/c1-3-12-30-19-11-9-18(22(26)23(19)27)16-6-4-15(5-7-16)13-31-20-10-8-17(14(2)29)21(25)24(20)28/h3-11,14,29H,1,12-13H2,2H3. The summed E-state index contributed by atoms with van der Waals surface area (Å²) in [5.74, 6) is -4.99. The molecule has 0 amide bonds. The van der Waals surface area contributed by atoms with E-state index in [2.05, 4.69) is 6.58 Å². The maximum atomic E-state index is 14.4. The Bertz CT molecular complexity index is 1080. The molecule has 31 heavy (non-hydrogen) atoms. The normalized spacial score (nSPS) is 11.8. The molecular weight excluding hydrogens is 412 g/mol. The van der Waals surface area contributed by atoms with Crippen LogP contribution in [-0.4, -0.2) is 11.7 Å². The van der Waals surface area contributed by atoms with Crippen LogP contribution in [0.1, 0.15) is 24.2 Å². The Balaban J connectivity index is 1.74. The fourth-order valence-corrected chi connectivity index (χ4v) is 2.94. The third-order valence-corrected chi connectivity index (χ3v) is 4.59. The summed E-state index contributed by atoms with van der Waals surface area (Å²) in [5.41, 5.74) is 0.922. The van der Waals surface area contributed by atoms with E-state index in [0.29, 0.717) is 11.1 Å². The van der Waals surface area contributed by atoms with Crippen molar-refractivity contribution < 1.29 is 32.1 Å². The third-order valence-electron chi connectivity index (χ3n) is 4.59. The van der Waals surface area contributed by atoms with Crippen LogP contribution in [0.4, 0.5) is 17.6 Å². The lowest BCUT2D eigenvalue weighted by molar-refractivity contribution is 0.191. The number of aliphatic hydroxyl groups excluding tert-OH is 1. The lowest BCUT2D eigenvalue weighted by atomic mass is 10.0. The van der Waals surface area contributed by atoms with Crippen molar-refractivity contribution in [2.45, 2.75) is 19.6 Å². The van der Waals surface area contributed by atoms with Crippen molar-refractivity contribution in [3.8, 4) is 22.6 Å². The number of hydrogen-bond donors (Lipinski definition) is 1. The molecule has 0 bridgehead atoms. The number of ether oxygens (including phenoxy) is 2. The van der Waals surface area contributed by atoms with Gasteiger partial charge in [-0.3, -0.25) is 0 Å². The smallest absolute Gasteiger partial charge is 0.201 e. The Morgan fingerprint density at radius 2 is 1.45 bits per heavy atom. The second-order valence-electron chi connectivity index (χ2n) is 6.78. The fourth-order valence-electron chi connectivity index (χ4n) is 2.94. The summed E-state index contributed by atoms with van der Waals surface area (Å²) in [6.07, 6.45) is 0.275. The molecule has 0 aliphatic rings. The predicted molar refractivity (Wildman–Crippen MR) is 109 cm³/mol. The number of aliphatic hydroxyl groups is 1. The van der Waals surface area contributed by atoms with Crippen LogP contribution in [0.5, 0.6) is 11.5 Å². The average molecular weight is 432 g/mol. The van der Waals surface area contributed by atoms with Gasteiger partial charge in [0, 0.05) is 11.1 Å². The van der Waals surface area contributed by atoms with E-state index >= 15 is 0 Å². The van der Waals surface area contributed by atoms with Crippen LogP contribution >= 0.6 is 0 Å². The molecule has 0 aromatic heterocycles. The number of rotatable bonds is 8. The topological polar surface area (TPSA) is 38.7 Å². The summed E-state index contributed by atoms with van der Waals surface area (Å²) < 4.78 is 67.0. The molecular formula is C24H20F4O3. The van der Waals surface area contributed by atoms with Crippen molar-refractivity contribution in [3.63, 3.8) is 0 Å². The molecule has 0 saturated heterocycles. The highest BCUT2D eigenvalue weighted by molar-refractivity contribution is 5.65. The van der Waals surface area contributed by atoms with Crippen molar-refractivity contribution in [3.05, 3.63) is 95.6 Å². The minimum absolute atomic E-state index is 0.0522. The lowest BCUT2D eigenvalue weighted by Gasteiger charge is -2.12. The van der Waals surface area contributed by atoms with Gasteiger partial charge >= 0.3 is 0 Å². The Kier molecular flexibility index (Phi) is 6.97. The Hall–Kier alpha value is -3.32. The van der Waals surface area contributed by atoms with E-state index in [1.165, 1.54) is 37.3 Å². The van der Waals surface area contributed by atoms with Crippen molar-refractivity contribution in [2.75, 3.05) is 6.61 Å². The van der Waals surface area contributed by atoms with Gasteiger partial charge in [0.25, 0.3) is 0 Å². The molecule has 0 radical (unpaired) electrons. The second-order valence-corrected chi connectivity index (χ2v) is 6.78. The molecule has 1 unspecified atom stereocenters. The van der Waals surface area contributed by atoms with Crippen LogP contribution in [-0.2, 0) is 6.61 Å². The summed E-state index contributed by atoms with van der Waals surface area (Å²) in [7, 11) is 0. The highest BCUT2D eigenvalue weighted by Crippen LogP contribution is 2.31. The summed E-state index contributed by atoms with van der Waals surface area (Å²) in [6.45, 7) is 4.76. The molecule has 7 heteroatoms. The van der Waals surface area contributed by atoms with Gasteiger partial charge in [-0.2, -0.15) is 8.78 Å². The Morgan fingerprint density at radius 1 is 0.839 bits per heavy atom. The van der Waals surface area contributed by atoms with Gasteiger partial charge in [-0.25, -0.2) is 8.78 Å². The fraction of sp³-hybridized carbons (Fsp3) is 0.167. The predicted octanol–water partition coefficient (Wildman–Crippen LogP) is 6.11. The van der Waals surface area contributed by atoms with Gasteiger partial charge in [0.1, 0.15) is 13.2 Å².